The normalized spacial score (nSPS) is 11.7. The largest absolute Gasteiger partial charge is 0.459 e. The number of furan rings is 1. The molecular formula is C19H22N2O5. The van der Waals surface area contributed by atoms with E-state index in [1.165, 1.54) is 17.2 Å². The Hall–Kier alpha value is -3.09. The van der Waals surface area contributed by atoms with Gasteiger partial charge < -0.3 is 19.4 Å². The molecule has 1 aromatic carbocycles. The second-order valence-corrected chi connectivity index (χ2v) is 6.00. The molecule has 1 aromatic heterocycles. The van der Waals surface area contributed by atoms with E-state index in [1.54, 1.807) is 43.4 Å². The van der Waals surface area contributed by atoms with Crippen LogP contribution in [0.25, 0.3) is 0 Å². The van der Waals surface area contributed by atoms with Crippen molar-refractivity contribution >= 4 is 17.8 Å². The first-order valence-electron chi connectivity index (χ1n) is 8.21. The predicted octanol–water partition coefficient (Wildman–Crippen LogP) is 2.16. The Kier molecular flexibility index (Phi) is 6.54. The number of benzene rings is 1. The van der Waals surface area contributed by atoms with Gasteiger partial charge in [-0.1, -0.05) is 30.3 Å². The van der Waals surface area contributed by atoms with E-state index in [2.05, 4.69) is 5.32 Å². The molecule has 1 N–H and O–H groups in total. The molecule has 0 bridgehead atoms. The van der Waals surface area contributed by atoms with Crippen LogP contribution in [0.4, 0.5) is 0 Å². The third kappa shape index (κ3) is 4.95. The van der Waals surface area contributed by atoms with E-state index >= 15 is 0 Å². The van der Waals surface area contributed by atoms with E-state index < -0.39 is 24.5 Å². The van der Waals surface area contributed by atoms with Gasteiger partial charge in [0.05, 0.1) is 6.26 Å². The van der Waals surface area contributed by atoms with Crippen molar-refractivity contribution in [1.82, 2.24) is 10.2 Å². The van der Waals surface area contributed by atoms with E-state index in [0.717, 1.165) is 0 Å². The Labute approximate surface area is 151 Å². The van der Waals surface area contributed by atoms with Gasteiger partial charge in [0, 0.05) is 13.1 Å². The minimum atomic E-state index is -1.05. The lowest BCUT2D eigenvalue weighted by molar-refractivity contribution is -0.153. The topological polar surface area (TPSA) is 88.9 Å². The average molecular weight is 358 g/mol. The first kappa shape index (κ1) is 19.2. The Morgan fingerprint density at radius 1 is 1.12 bits per heavy atom. The smallest absolute Gasteiger partial charge is 0.333 e. The summed E-state index contributed by atoms with van der Waals surface area (Å²) in [5.74, 6) is -1.51. The average Bonchev–Trinajstić information content (AvgIpc) is 3.18. The van der Waals surface area contributed by atoms with Gasteiger partial charge in [0.1, 0.15) is 0 Å². The molecule has 0 spiro atoms. The van der Waals surface area contributed by atoms with Crippen LogP contribution in [-0.2, 0) is 14.3 Å². The Bertz CT molecular complexity index is 741. The fourth-order valence-corrected chi connectivity index (χ4v) is 2.14. The summed E-state index contributed by atoms with van der Waals surface area (Å²) >= 11 is 0. The maximum Gasteiger partial charge on any atom is 0.333 e. The zero-order chi connectivity index (χ0) is 19.1. The van der Waals surface area contributed by atoms with E-state index in [4.69, 9.17) is 9.15 Å². The fourth-order valence-electron chi connectivity index (χ4n) is 2.14. The number of rotatable bonds is 7. The Balaban J connectivity index is 2.09. The number of carbonyl (C=O) groups excluding carboxylic acids is 3. The molecule has 138 valence electrons. The molecule has 1 heterocycles. The van der Waals surface area contributed by atoms with E-state index in [9.17, 15) is 14.4 Å². The minimum absolute atomic E-state index is 0.00947. The molecule has 1 atom stereocenters. The fraction of sp³-hybridized carbons (Fsp3) is 0.316. The van der Waals surface area contributed by atoms with Crippen LogP contribution in [0.2, 0.25) is 0 Å². The number of nitrogens with one attached hydrogen (secondary N) is 1. The summed E-state index contributed by atoms with van der Waals surface area (Å²) in [6.07, 6.45) is 1.37. The highest BCUT2D eigenvalue weighted by molar-refractivity contribution is 5.95. The second-order valence-electron chi connectivity index (χ2n) is 6.00. The van der Waals surface area contributed by atoms with E-state index in [0.29, 0.717) is 5.56 Å². The van der Waals surface area contributed by atoms with Crippen LogP contribution >= 0.6 is 0 Å². The number of carbonyl (C=O) groups is 3. The molecule has 26 heavy (non-hydrogen) atoms. The summed E-state index contributed by atoms with van der Waals surface area (Å²) in [5, 5.41) is 2.58. The number of hydrogen-bond donors (Lipinski definition) is 1. The van der Waals surface area contributed by atoms with Gasteiger partial charge in [0.15, 0.2) is 18.4 Å². The summed E-state index contributed by atoms with van der Waals surface area (Å²) in [7, 11) is 1.63. The zero-order valence-corrected chi connectivity index (χ0v) is 15.0. The van der Waals surface area contributed by atoms with Crippen LogP contribution in [0.1, 0.15) is 36.0 Å². The number of likely N-dealkylation sites (N-methyl/N-ethyl adjacent to an activating group) is 1. The van der Waals surface area contributed by atoms with Crippen molar-refractivity contribution in [2.24, 2.45) is 0 Å². The maximum atomic E-state index is 12.5. The molecule has 0 saturated heterocycles. The number of ether oxygens (including phenoxy) is 1. The molecule has 0 aliphatic carbocycles. The lowest BCUT2D eigenvalue weighted by Crippen LogP contribution is -2.39. The van der Waals surface area contributed by atoms with E-state index in [-0.39, 0.29) is 17.7 Å². The SMILES string of the molecule is CC(C)N(C)C(=O)COC(=O)C(NC(=O)c1ccco1)c1ccccc1. The third-order valence-corrected chi connectivity index (χ3v) is 3.89. The number of esters is 1. The van der Waals surface area contributed by atoms with Gasteiger partial charge in [-0.3, -0.25) is 9.59 Å². The highest BCUT2D eigenvalue weighted by atomic mass is 16.5. The number of nitrogens with zero attached hydrogens (tertiary/aromatic N) is 1. The quantitative estimate of drug-likeness (QED) is 0.766. The van der Waals surface area contributed by atoms with Gasteiger partial charge in [0.25, 0.3) is 11.8 Å². The summed E-state index contributed by atoms with van der Waals surface area (Å²) in [6.45, 7) is 3.32. The zero-order valence-electron chi connectivity index (χ0n) is 15.0. The van der Waals surface area contributed by atoms with Gasteiger partial charge in [-0.25, -0.2) is 4.79 Å². The molecule has 1 unspecified atom stereocenters. The molecular weight excluding hydrogens is 336 g/mol. The van der Waals surface area contributed by atoms with Crippen molar-refractivity contribution < 1.29 is 23.5 Å². The molecule has 0 aliphatic heterocycles. The summed E-state index contributed by atoms with van der Waals surface area (Å²) in [4.78, 5) is 38.2. The second kappa shape index (κ2) is 8.84. The van der Waals surface area contributed by atoms with Gasteiger partial charge in [-0.2, -0.15) is 0 Å². The summed E-state index contributed by atoms with van der Waals surface area (Å²) in [6, 6.07) is 10.7. The molecule has 7 heteroatoms. The molecule has 0 radical (unpaired) electrons. The third-order valence-electron chi connectivity index (χ3n) is 3.89. The van der Waals surface area contributed by atoms with Crippen molar-refractivity contribution in [2.45, 2.75) is 25.9 Å². The molecule has 2 aromatic rings. The monoisotopic (exact) mass is 358 g/mol. The first-order valence-corrected chi connectivity index (χ1v) is 8.21. The van der Waals surface area contributed by atoms with Crippen LogP contribution in [0.3, 0.4) is 0 Å². The molecule has 2 rings (SSSR count). The molecule has 0 aliphatic rings. The molecule has 0 fully saturated rings. The van der Waals surface area contributed by atoms with Crippen LogP contribution in [0.5, 0.6) is 0 Å². The first-order chi connectivity index (χ1) is 12.4. The van der Waals surface area contributed by atoms with Crippen molar-refractivity contribution in [3.05, 3.63) is 60.1 Å². The number of hydrogen-bond acceptors (Lipinski definition) is 5. The van der Waals surface area contributed by atoms with Crippen LogP contribution < -0.4 is 5.32 Å². The predicted molar refractivity (Wildman–Crippen MR) is 94.2 cm³/mol. The summed E-state index contributed by atoms with van der Waals surface area (Å²) in [5.41, 5.74) is 0.544. The van der Waals surface area contributed by atoms with Crippen LogP contribution in [-0.4, -0.2) is 42.4 Å². The van der Waals surface area contributed by atoms with Crippen molar-refractivity contribution in [3.8, 4) is 0 Å². The van der Waals surface area contributed by atoms with Gasteiger partial charge in [0.2, 0.25) is 0 Å². The van der Waals surface area contributed by atoms with Crippen molar-refractivity contribution in [2.75, 3.05) is 13.7 Å². The molecule has 0 saturated carbocycles. The molecule has 2 amide bonds. The lowest BCUT2D eigenvalue weighted by atomic mass is 10.1. The van der Waals surface area contributed by atoms with Gasteiger partial charge in [-0.15, -0.1) is 0 Å². The Morgan fingerprint density at radius 2 is 1.81 bits per heavy atom. The van der Waals surface area contributed by atoms with Crippen LogP contribution in [0, 0.1) is 0 Å². The Morgan fingerprint density at radius 3 is 2.38 bits per heavy atom. The van der Waals surface area contributed by atoms with Crippen molar-refractivity contribution in [1.29, 1.82) is 0 Å². The lowest BCUT2D eigenvalue weighted by Gasteiger charge is -2.22. The maximum absolute atomic E-state index is 12.5. The number of amides is 2. The highest BCUT2D eigenvalue weighted by Gasteiger charge is 2.26. The molecule has 7 nitrogen and oxygen atoms in total. The van der Waals surface area contributed by atoms with Gasteiger partial charge >= 0.3 is 5.97 Å². The summed E-state index contributed by atoms with van der Waals surface area (Å²) < 4.78 is 10.2. The standard InChI is InChI=1S/C19H22N2O5/c1-13(2)21(3)16(22)12-26-19(24)17(14-8-5-4-6-9-14)20-18(23)15-10-7-11-25-15/h4-11,13,17H,12H2,1-3H3,(H,20,23). The minimum Gasteiger partial charge on any atom is -0.459 e. The van der Waals surface area contributed by atoms with Gasteiger partial charge in [-0.05, 0) is 31.5 Å². The highest BCUT2D eigenvalue weighted by Crippen LogP contribution is 2.16. The van der Waals surface area contributed by atoms with E-state index in [1.807, 2.05) is 13.8 Å². The van der Waals surface area contributed by atoms with Crippen molar-refractivity contribution in [3.63, 3.8) is 0 Å². The van der Waals surface area contributed by atoms with Crippen LogP contribution in [0.15, 0.2) is 53.1 Å².